The van der Waals surface area contributed by atoms with E-state index in [0.717, 1.165) is 10.5 Å². The van der Waals surface area contributed by atoms with E-state index in [2.05, 4.69) is 10.6 Å². The minimum Gasteiger partial charge on any atom is -0.497 e. The number of aryl methyl sites for hydroxylation is 1. The molecule has 0 heterocycles. The van der Waals surface area contributed by atoms with Crippen LogP contribution in [0.5, 0.6) is 5.75 Å². The van der Waals surface area contributed by atoms with Crippen molar-refractivity contribution in [1.29, 1.82) is 0 Å². The first-order valence-electron chi connectivity index (χ1n) is 11.5. The predicted molar refractivity (Wildman–Crippen MR) is 135 cm³/mol. The molecule has 2 atom stereocenters. The number of methoxy groups -OCH3 is 1. The van der Waals surface area contributed by atoms with Gasteiger partial charge in [-0.1, -0.05) is 29.8 Å². The van der Waals surface area contributed by atoms with Crippen LogP contribution < -0.4 is 15.4 Å². The summed E-state index contributed by atoms with van der Waals surface area (Å²) in [4.78, 5) is 40.4. The summed E-state index contributed by atoms with van der Waals surface area (Å²) in [6, 6.07) is 11.1. The Kier molecular flexibility index (Phi) is 10.2. The summed E-state index contributed by atoms with van der Waals surface area (Å²) in [6.45, 7) is 5.47. The van der Waals surface area contributed by atoms with Crippen molar-refractivity contribution in [2.45, 2.75) is 45.4 Å². The quantitative estimate of drug-likeness (QED) is 0.392. The molecular formula is C26H35N3O7. The number of rotatable bonds is 10. The van der Waals surface area contributed by atoms with Crippen molar-refractivity contribution < 1.29 is 34.1 Å². The first-order valence-corrected chi connectivity index (χ1v) is 11.5. The molecule has 0 saturated heterocycles. The van der Waals surface area contributed by atoms with E-state index in [9.17, 15) is 24.6 Å². The first kappa shape index (κ1) is 28.6. The molecule has 0 aromatic heterocycles. The van der Waals surface area contributed by atoms with Gasteiger partial charge in [0.25, 0.3) is 5.91 Å². The summed E-state index contributed by atoms with van der Waals surface area (Å²) < 4.78 is 10.3. The first-order chi connectivity index (χ1) is 17.0. The van der Waals surface area contributed by atoms with Crippen LogP contribution in [0.25, 0.3) is 0 Å². The SMILES string of the molecule is COc1ccc(NC(=O)C(c2ccc(C)cc2)N(CCO)C(=O)C(CO)NC(=O)OC(C)(C)C)cc1. The van der Waals surface area contributed by atoms with E-state index < -0.39 is 48.8 Å². The Morgan fingerprint density at radius 2 is 1.61 bits per heavy atom. The normalized spacial score (nSPS) is 12.8. The maximum Gasteiger partial charge on any atom is 0.408 e. The summed E-state index contributed by atoms with van der Waals surface area (Å²) in [5, 5.41) is 24.7. The zero-order chi connectivity index (χ0) is 26.9. The minimum absolute atomic E-state index is 0.222. The van der Waals surface area contributed by atoms with Gasteiger partial charge in [0.2, 0.25) is 5.91 Å². The molecule has 3 amide bonds. The van der Waals surface area contributed by atoms with Crippen LogP contribution >= 0.6 is 0 Å². The van der Waals surface area contributed by atoms with E-state index in [4.69, 9.17) is 9.47 Å². The minimum atomic E-state index is -1.40. The van der Waals surface area contributed by atoms with Crippen molar-refractivity contribution in [2.24, 2.45) is 0 Å². The zero-order valence-electron chi connectivity index (χ0n) is 21.3. The van der Waals surface area contributed by atoms with Gasteiger partial charge in [-0.15, -0.1) is 0 Å². The van der Waals surface area contributed by atoms with Crippen LogP contribution in [0.1, 0.15) is 37.9 Å². The number of aliphatic hydroxyl groups excluding tert-OH is 2. The Balaban J connectivity index is 2.40. The molecule has 0 aliphatic heterocycles. The fourth-order valence-corrected chi connectivity index (χ4v) is 3.42. The van der Waals surface area contributed by atoms with E-state index in [-0.39, 0.29) is 6.54 Å². The summed E-state index contributed by atoms with van der Waals surface area (Å²) in [6.07, 6.45) is -0.895. The molecule has 0 aliphatic carbocycles. The summed E-state index contributed by atoms with van der Waals surface area (Å²) in [5.41, 5.74) is 1.09. The Labute approximate surface area is 211 Å². The number of hydrogen-bond donors (Lipinski definition) is 4. The van der Waals surface area contributed by atoms with Crippen LogP contribution in [0.4, 0.5) is 10.5 Å². The maximum atomic E-state index is 13.5. The smallest absolute Gasteiger partial charge is 0.408 e. The molecule has 0 saturated carbocycles. The van der Waals surface area contributed by atoms with Gasteiger partial charge in [0.05, 0.1) is 20.3 Å². The summed E-state index contributed by atoms with van der Waals surface area (Å²) in [7, 11) is 1.53. The highest BCUT2D eigenvalue weighted by Gasteiger charge is 2.36. The average Bonchev–Trinajstić information content (AvgIpc) is 2.82. The second kappa shape index (κ2) is 12.9. The number of ether oxygens (including phenoxy) is 2. The van der Waals surface area contributed by atoms with Gasteiger partial charge >= 0.3 is 6.09 Å². The number of nitrogens with one attached hydrogen (secondary N) is 2. The Bertz CT molecular complexity index is 1020. The van der Waals surface area contributed by atoms with Gasteiger partial charge in [0.1, 0.15) is 23.4 Å². The third-order valence-corrected chi connectivity index (χ3v) is 5.11. The van der Waals surface area contributed by atoms with Gasteiger partial charge in [-0.25, -0.2) is 4.79 Å². The highest BCUT2D eigenvalue weighted by atomic mass is 16.6. The molecular weight excluding hydrogens is 466 g/mol. The number of alkyl carbamates (subject to hydrolysis) is 1. The van der Waals surface area contributed by atoms with E-state index in [1.165, 1.54) is 7.11 Å². The standard InChI is InChI=1S/C26H35N3O7/c1-17-6-8-18(9-7-17)22(23(32)27-19-10-12-20(35-5)13-11-19)29(14-15-30)24(33)21(16-31)28-25(34)36-26(2,3)4/h6-13,21-22,30-31H,14-16H2,1-5H3,(H,27,32)(H,28,34). The Morgan fingerprint density at radius 3 is 2.11 bits per heavy atom. The monoisotopic (exact) mass is 501 g/mol. The Hall–Kier alpha value is -3.63. The third-order valence-electron chi connectivity index (χ3n) is 5.11. The van der Waals surface area contributed by atoms with Gasteiger partial charge in [-0.05, 0) is 57.5 Å². The lowest BCUT2D eigenvalue weighted by atomic mass is 10.0. The molecule has 0 spiro atoms. The molecule has 2 rings (SSSR count). The van der Waals surface area contributed by atoms with Crippen LogP contribution in [0.3, 0.4) is 0 Å². The van der Waals surface area contributed by atoms with Gasteiger partial charge in [0, 0.05) is 12.2 Å². The van der Waals surface area contributed by atoms with Crippen LogP contribution in [0, 0.1) is 6.92 Å². The fourth-order valence-electron chi connectivity index (χ4n) is 3.42. The van der Waals surface area contributed by atoms with Crippen LogP contribution in [-0.2, 0) is 14.3 Å². The molecule has 0 bridgehead atoms. The zero-order valence-corrected chi connectivity index (χ0v) is 21.3. The third kappa shape index (κ3) is 8.24. The van der Waals surface area contributed by atoms with E-state index >= 15 is 0 Å². The molecule has 36 heavy (non-hydrogen) atoms. The van der Waals surface area contributed by atoms with Crippen LogP contribution in [-0.4, -0.2) is 71.5 Å². The number of benzene rings is 2. The van der Waals surface area contributed by atoms with Crippen molar-refractivity contribution in [3.8, 4) is 5.75 Å². The Morgan fingerprint density at radius 1 is 1.00 bits per heavy atom. The van der Waals surface area contributed by atoms with Gasteiger partial charge in [0.15, 0.2) is 0 Å². The van der Waals surface area contributed by atoms with Crippen LogP contribution in [0.15, 0.2) is 48.5 Å². The average molecular weight is 502 g/mol. The van der Waals surface area contributed by atoms with Gasteiger partial charge in [-0.2, -0.15) is 0 Å². The second-order valence-corrected chi connectivity index (χ2v) is 9.17. The fraction of sp³-hybridized carbons (Fsp3) is 0.423. The number of anilines is 1. The molecule has 4 N–H and O–H groups in total. The van der Waals surface area contributed by atoms with Crippen molar-refractivity contribution in [3.63, 3.8) is 0 Å². The highest BCUT2D eigenvalue weighted by Crippen LogP contribution is 2.25. The lowest BCUT2D eigenvalue weighted by Crippen LogP contribution is -2.54. The largest absolute Gasteiger partial charge is 0.497 e. The molecule has 0 fully saturated rings. The van der Waals surface area contributed by atoms with Gasteiger partial charge in [-0.3, -0.25) is 9.59 Å². The molecule has 2 aromatic carbocycles. The lowest BCUT2D eigenvalue weighted by molar-refractivity contribution is -0.142. The predicted octanol–water partition coefficient (Wildman–Crippen LogP) is 2.39. The van der Waals surface area contributed by atoms with Crippen molar-refractivity contribution >= 4 is 23.6 Å². The highest BCUT2D eigenvalue weighted by molar-refractivity contribution is 5.99. The van der Waals surface area contributed by atoms with Crippen LogP contribution in [0.2, 0.25) is 0 Å². The molecule has 10 heteroatoms. The topological polar surface area (TPSA) is 137 Å². The second-order valence-electron chi connectivity index (χ2n) is 9.17. The maximum absolute atomic E-state index is 13.5. The molecule has 0 aliphatic rings. The molecule has 2 unspecified atom stereocenters. The van der Waals surface area contributed by atoms with Crippen molar-refractivity contribution in [2.75, 3.05) is 32.2 Å². The molecule has 0 radical (unpaired) electrons. The van der Waals surface area contributed by atoms with Crippen molar-refractivity contribution in [1.82, 2.24) is 10.2 Å². The molecule has 196 valence electrons. The number of aliphatic hydroxyl groups is 2. The van der Waals surface area contributed by atoms with E-state index in [1.54, 1.807) is 69.3 Å². The number of carbonyl (C=O) groups excluding carboxylic acids is 3. The number of nitrogens with zero attached hydrogens (tertiary/aromatic N) is 1. The number of hydrogen-bond acceptors (Lipinski definition) is 7. The lowest BCUT2D eigenvalue weighted by Gasteiger charge is -2.33. The van der Waals surface area contributed by atoms with E-state index in [1.807, 2.05) is 6.92 Å². The van der Waals surface area contributed by atoms with Crippen molar-refractivity contribution in [3.05, 3.63) is 59.7 Å². The summed E-state index contributed by atoms with van der Waals surface area (Å²) in [5.74, 6) is -0.688. The molecule has 10 nitrogen and oxygen atoms in total. The summed E-state index contributed by atoms with van der Waals surface area (Å²) >= 11 is 0. The van der Waals surface area contributed by atoms with E-state index in [0.29, 0.717) is 17.0 Å². The molecule has 2 aromatic rings. The number of carbonyl (C=O) groups is 3. The number of amides is 3. The van der Waals surface area contributed by atoms with Gasteiger partial charge < -0.3 is 35.2 Å².